The van der Waals surface area contributed by atoms with E-state index in [2.05, 4.69) is 37.6 Å². The average molecular weight is 565 g/mol. The van der Waals surface area contributed by atoms with Crippen molar-refractivity contribution in [2.75, 3.05) is 25.0 Å². The summed E-state index contributed by atoms with van der Waals surface area (Å²) in [6.45, 7) is 10.0. The van der Waals surface area contributed by atoms with Crippen LogP contribution in [0.4, 0.5) is 19.0 Å². The van der Waals surface area contributed by atoms with Gasteiger partial charge in [0.15, 0.2) is 5.82 Å². The SMILES string of the molecule is C=CNc1nc(Oc2cccc(OC(F)(F)F)c2)n(Cc2ccc(Cl)cn2)c1/C(=C/CC)N(CC)CCCN. The number of aromatic nitrogens is 3. The van der Waals surface area contributed by atoms with Crippen LogP contribution in [0.3, 0.4) is 0 Å². The molecule has 0 bridgehead atoms. The summed E-state index contributed by atoms with van der Waals surface area (Å²) in [5.41, 5.74) is 8.06. The second kappa shape index (κ2) is 13.9. The van der Waals surface area contributed by atoms with Gasteiger partial charge < -0.3 is 25.4 Å². The quantitative estimate of drug-likeness (QED) is 0.226. The lowest BCUT2D eigenvalue weighted by Crippen LogP contribution is -2.26. The Morgan fingerprint density at radius 3 is 2.62 bits per heavy atom. The van der Waals surface area contributed by atoms with Gasteiger partial charge in [-0.3, -0.25) is 9.55 Å². The van der Waals surface area contributed by atoms with E-state index in [1.807, 2.05) is 18.4 Å². The number of anilines is 1. The minimum atomic E-state index is -4.83. The van der Waals surface area contributed by atoms with Crippen molar-refractivity contribution in [1.29, 1.82) is 0 Å². The number of nitrogens with one attached hydrogen (secondary N) is 1. The summed E-state index contributed by atoms with van der Waals surface area (Å²) in [4.78, 5) is 11.3. The van der Waals surface area contributed by atoms with Crippen LogP contribution in [0.5, 0.6) is 17.5 Å². The number of nitrogens with two attached hydrogens (primary N) is 1. The number of alkyl halides is 3. The fourth-order valence-electron chi connectivity index (χ4n) is 3.92. The standard InChI is InChI=1S/C27H32ClF3N6O2/c1-4-9-23(36(6-3)15-8-14-32)24-25(33-5-2)35-26(37(24)18-20-13-12-19(28)17-34-20)38-21-10-7-11-22(16-21)39-27(29,30)31/h5,7,9-13,16-17,33H,2,4,6,8,14-15,18,32H2,1,3H3/b23-9-. The zero-order valence-electron chi connectivity index (χ0n) is 21.8. The first kappa shape index (κ1) is 29.9. The lowest BCUT2D eigenvalue weighted by Gasteiger charge is -2.27. The number of pyridine rings is 1. The van der Waals surface area contributed by atoms with Crippen LogP contribution in [-0.2, 0) is 6.54 Å². The molecule has 0 aliphatic carbocycles. The van der Waals surface area contributed by atoms with E-state index in [1.54, 1.807) is 12.1 Å². The lowest BCUT2D eigenvalue weighted by molar-refractivity contribution is -0.274. The molecule has 12 heteroatoms. The van der Waals surface area contributed by atoms with Crippen molar-refractivity contribution in [3.05, 3.63) is 77.9 Å². The second-order valence-electron chi connectivity index (χ2n) is 8.34. The Bertz CT molecular complexity index is 1260. The first-order valence-electron chi connectivity index (χ1n) is 12.5. The molecule has 0 saturated carbocycles. The van der Waals surface area contributed by atoms with Gasteiger partial charge in [-0.1, -0.05) is 37.2 Å². The van der Waals surface area contributed by atoms with Gasteiger partial charge in [-0.15, -0.1) is 13.2 Å². The van der Waals surface area contributed by atoms with E-state index in [4.69, 9.17) is 22.1 Å². The number of ether oxygens (including phenoxy) is 2. The van der Waals surface area contributed by atoms with E-state index in [-0.39, 0.29) is 18.3 Å². The van der Waals surface area contributed by atoms with E-state index in [1.165, 1.54) is 30.6 Å². The topological polar surface area (TPSA) is 90.5 Å². The Balaban J connectivity index is 2.17. The van der Waals surface area contributed by atoms with E-state index in [0.29, 0.717) is 41.9 Å². The maximum absolute atomic E-state index is 12.8. The maximum Gasteiger partial charge on any atom is 0.573 e. The normalized spacial score (nSPS) is 11.8. The van der Waals surface area contributed by atoms with E-state index < -0.39 is 12.1 Å². The maximum atomic E-state index is 12.8. The highest BCUT2D eigenvalue weighted by Crippen LogP contribution is 2.35. The number of allylic oxidation sites excluding steroid dienone is 1. The number of halogens is 4. The van der Waals surface area contributed by atoms with Gasteiger partial charge in [0.05, 0.1) is 23.0 Å². The van der Waals surface area contributed by atoms with Crippen molar-refractivity contribution in [2.45, 2.75) is 39.6 Å². The van der Waals surface area contributed by atoms with Crippen LogP contribution in [-0.4, -0.2) is 45.4 Å². The van der Waals surface area contributed by atoms with Crippen LogP contribution in [0, 0.1) is 0 Å². The van der Waals surface area contributed by atoms with E-state index >= 15 is 0 Å². The zero-order chi connectivity index (χ0) is 28.4. The van der Waals surface area contributed by atoms with Gasteiger partial charge in [0.25, 0.3) is 0 Å². The molecule has 0 unspecified atom stereocenters. The Kier molecular flexibility index (Phi) is 10.6. The fraction of sp³-hybridized carbons (Fsp3) is 0.333. The molecule has 2 aromatic heterocycles. The van der Waals surface area contributed by atoms with Crippen molar-refractivity contribution >= 4 is 23.1 Å². The number of imidazole rings is 1. The fourth-order valence-corrected chi connectivity index (χ4v) is 4.03. The molecule has 2 heterocycles. The van der Waals surface area contributed by atoms with Crippen molar-refractivity contribution < 1.29 is 22.6 Å². The van der Waals surface area contributed by atoms with Crippen LogP contribution < -0.4 is 20.5 Å². The zero-order valence-corrected chi connectivity index (χ0v) is 22.6. The highest BCUT2D eigenvalue weighted by Gasteiger charge is 2.31. The van der Waals surface area contributed by atoms with Crippen molar-refractivity contribution in [3.63, 3.8) is 0 Å². The summed E-state index contributed by atoms with van der Waals surface area (Å²) in [6.07, 6.45) is 1.80. The minimum absolute atomic E-state index is 0.111. The average Bonchev–Trinajstić information content (AvgIpc) is 3.20. The molecule has 39 heavy (non-hydrogen) atoms. The van der Waals surface area contributed by atoms with Crippen molar-refractivity contribution in [2.24, 2.45) is 5.73 Å². The number of hydrogen-bond donors (Lipinski definition) is 2. The third-order valence-corrected chi connectivity index (χ3v) is 5.75. The van der Waals surface area contributed by atoms with Gasteiger partial charge >= 0.3 is 12.4 Å². The minimum Gasteiger partial charge on any atom is -0.425 e. The second-order valence-corrected chi connectivity index (χ2v) is 8.77. The van der Waals surface area contributed by atoms with Gasteiger partial charge in [-0.05, 0) is 56.8 Å². The highest BCUT2D eigenvalue weighted by molar-refractivity contribution is 6.30. The Labute approximate surface area is 230 Å². The summed E-state index contributed by atoms with van der Waals surface area (Å²) < 4.78 is 50.3. The molecule has 0 amide bonds. The molecule has 3 N–H and O–H groups in total. The molecule has 3 rings (SSSR count). The van der Waals surface area contributed by atoms with Crippen LogP contribution in [0.2, 0.25) is 5.02 Å². The number of nitrogens with zero attached hydrogens (tertiary/aromatic N) is 4. The Hall–Kier alpha value is -3.70. The van der Waals surface area contributed by atoms with Crippen molar-refractivity contribution in [1.82, 2.24) is 19.4 Å². The molecule has 1 aromatic carbocycles. The monoisotopic (exact) mass is 564 g/mol. The molecule has 8 nitrogen and oxygen atoms in total. The number of hydrogen-bond acceptors (Lipinski definition) is 7. The van der Waals surface area contributed by atoms with Gasteiger partial charge in [-0.2, -0.15) is 4.98 Å². The molecule has 0 aliphatic heterocycles. The molecule has 0 radical (unpaired) electrons. The molecular formula is C27H32ClF3N6O2. The first-order valence-corrected chi connectivity index (χ1v) is 12.8. The van der Waals surface area contributed by atoms with Gasteiger partial charge in [0, 0.05) is 25.4 Å². The molecule has 210 valence electrons. The molecule has 0 aliphatic rings. The largest absolute Gasteiger partial charge is 0.573 e. The molecule has 0 fully saturated rings. The van der Waals surface area contributed by atoms with E-state index in [0.717, 1.165) is 24.6 Å². The van der Waals surface area contributed by atoms with Gasteiger partial charge in [-0.25, -0.2) is 0 Å². The van der Waals surface area contributed by atoms with Crippen LogP contribution >= 0.6 is 11.6 Å². The predicted octanol–water partition coefficient (Wildman–Crippen LogP) is 6.65. The smallest absolute Gasteiger partial charge is 0.425 e. The summed E-state index contributed by atoms with van der Waals surface area (Å²) in [5.74, 6) is 0.162. The Morgan fingerprint density at radius 2 is 2.00 bits per heavy atom. The summed E-state index contributed by atoms with van der Waals surface area (Å²) in [7, 11) is 0. The third-order valence-electron chi connectivity index (χ3n) is 5.52. The lowest BCUT2D eigenvalue weighted by atomic mass is 10.2. The summed E-state index contributed by atoms with van der Waals surface area (Å²) in [6, 6.07) is 8.91. The van der Waals surface area contributed by atoms with Gasteiger partial charge in [0.1, 0.15) is 17.2 Å². The Morgan fingerprint density at radius 1 is 1.23 bits per heavy atom. The van der Waals surface area contributed by atoms with Crippen LogP contribution in [0.1, 0.15) is 38.1 Å². The molecule has 0 saturated heterocycles. The molecule has 0 spiro atoms. The summed E-state index contributed by atoms with van der Waals surface area (Å²) in [5, 5.41) is 3.57. The van der Waals surface area contributed by atoms with Crippen molar-refractivity contribution in [3.8, 4) is 17.5 Å². The molecular weight excluding hydrogens is 533 g/mol. The van der Waals surface area contributed by atoms with E-state index in [9.17, 15) is 13.2 Å². The predicted molar refractivity (Wildman–Crippen MR) is 147 cm³/mol. The molecule has 3 aromatic rings. The van der Waals surface area contributed by atoms with Gasteiger partial charge in [0.2, 0.25) is 0 Å². The van der Waals surface area contributed by atoms with Crippen LogP contribution in [0.25, 0.3) is 5.70 Å². The highest BCUT2D eigenvalue weighted by atomic mass is 35.5. The molecule has 0 atom stereocenters. The third kappa shape index (κ3) is 8.39. The summed E-state index contributed by atoms with van der Waals surface area (Å²) >= 11 is 6.05. The number of benzene rings is 1. The number of rotatable bonds is 14. The van der Waals surface area contributed by atoms with Crippen LogP contribution in [0.15, 0.2) is 61.4 Å². The first-order chi connectivity index (χ1) is 18.7.